The fourth-order valence-electron chi connectivity index (χ4n) is 2.44. The van der Waals surface area contributed by atoms with Crippen molar-refractivity contribution in [2.45, 2.75) is 11.8 Å². The lowest BCUT2D eigenvalue weighted by atomic mass is 10.1. The minimum Gasteiger partial charge on any atom is -0.508 e. The first-order valence-corrected chi connectivity index (χ1v) is 8.65. The molecule has 0 unspecified atom stereocenters. The molecule has 0 saturated heterocycles. The van der Waals surface area contributed by atoms with E-state index in [2.05, 4.69) is 10.2 Å². The second-order valence-corrected chi connectivity index (χ2v) is 6.82. The number of aromatic hydroxyl groups is 2. The van der Waals surface area contributed by atoms with Gasteiger partial charge in [0.15, 0.2) is 0 Å². The molecule has 0 fully saturated rings. The van der Waals surface area contributed by atoms with Gasteiger partial charge in [-0.15, -0.1) is 5.11 Å². The fraction of sp³-hybridized carbons (Fsp3) is 0.0588. The largest absolute Gasteiger partial charge is 0.508 e. The smallest absolute Gasteiger partial charge is 0.295 e. The van der Waals surface area contributed by atoms with Crippen molar-refractivity contribution in [3.63, 3.8) is 0 Å². The first-order chi connectivity index (χ1) is 11.8. The van der Waals surface area contributed by atoms with Gasteiger partial charge in [-0.05, 0) is 30.7 Å². The second kappa shape index (κ2) is 6.15. The third kappa shape index (κ3) is 3.30. The molecule has 8 heteroatoms. The fourth-order valence-corrected chi connectivity index (χ4v) is 3.16. The van der Waals surface area contributed by atoms with Crippen molar-refractivity contribution in [2.75, 3.05) is 0 Å². The summed E-state index contributed by atoms with van der Waals surface area (Å²) in [7, 11) is -4.51. The summed E-state index contributed by atoms with van der Waals surface area (Å²) in [4.78, 5) is -0.403. The van der Waals surface area contributed by atoms with Crippen molar-refractivity contribution in [1.82, 2.24) is 0 Å². The highest BCUT2D eigenvalue weighted by atomic mass is 32.2. The summed E-state index contributed by atoms with van der Waals surface area (Å²) in [6.07, 6.45) is 0. The van der Waals surface area contributed by atoms with Crippen LogP contribution >= 0.6 is 0 Å². The van der Waals surface area contributed by atoms with Gasteiger partial charge in [-0.3, -0.25) is 4.55 Å². The number of nitrogens with zero attached hydrogens (tertiary/aromatic N) is 2. The number of phenols is 2. The number of fused-ring (bicyclic) bond motifs is 1. The zero-order valence-corrected chi connectivity index (χ0v) is 13.9. The van der Waals surface area contributed by atoms with Gasteiger partial charge in [0.25, 0.3) is 10.1 Å². The molecular formula is C17H14N2O5S. The summed E-state index contributed by atoms with van der Waals surface area (Å²) < 4.78 is 32.4. The van der Waals surface area contributed by atoms with Gasteiger partial charge in [0.1, 0.15) is 22.1 Å². The Morgan fingerprint density at radius 3 is 2.20 bits per heavy atom. The van der Waals surface area contributed by atoms with Crippen LogP contribution in [0.2, 0.25) is 0 Å². The molecule has 3 aromatic rings. The van der Waals surface area contributed by atoms with E-state index in [1.165, 1.54) is 12.1 Å². The van der Waals surface area contributed by atoms with E-state index < -0.39 is 20.8 Å². The molecule has 3 N–H and O–H groups in total. The number of aryl methyl sites for hydroxylation is 1. The van der Waals surface area contributed by atoms with Crippen LogP contribution in [0.4, 0.5) is 11.4 Å². The average Bonchev–Trinajstić information content (AvgIpc) is 2.55. The summed E-state index contributed by atoms with van der Waals surface area (Å²) in [5.74, 6) is -0.296. The highest BCUT2D eigenvalue weighted by molar-refractivity contribution is 7.86. The number of hydrogen-bond donors (Lipinski definition) is 3. The molecule has 0 aliphatic carbocycles. The van der Waals surface area contributed by atoms with Crippen molar-refractivity contribution in [3.8, 4) is 11.5 Å². The molecule has 0 aliphatic heterocycles. The van der Waals surface area contributed by atoms with Gasteiger partial charge in [0.2, 0.25) is 0 Å². The predicted octanol–water partition coefficient (Wildman–Crippen LogP) is 4.22. The minimum atomic E-state index is -4.51. The molecule has 25 heavy (non-hydrogen) atoms. The van der Waals surface area contributed by atoms with Gasteiger partial charge >= 0.3 is 0 Å². The molecule has 0 radical (unpaired) electrons. The number of phenolic OH excluding ortho intramolecular Hbond substituents is 2. The molecule has 3 rings (SSSR count). The lowest BCUT2D eigenvalue weighted by Gasteiger charge is -2.08. The van der Waals surface area contributed by atoms with E-state index >= 15 is 0 Å². The predicted molar refractivity (Wildman–Crippen MR) is 92.4 cm³/mol. The molecule has 0 aromatic heterocycles. The van der Waals surface area contributed by atoms with Gasteiger partial charge in [-0.1, -0.05) is 24.3 Å². The van der Waals surface area contributed by atoms with Gasteiger partial charge in [-0.2, -0.15) is 13.5 Å². The van der Waals surface area contributed by atoms with Crippen LogP contribution in [0.15, 0.2) is 63.7 Å². The van der Waals surface area contributed by atoms with Gasteiger partial charge < -0.3 is 10.2 Å². The van der Waals surface area contributed by atoms with Crippen LogP contribution in [0.3, 0.4) is 0 Å². The van der Waals surface area contributed by atoms with E-state index in [9.17, 15) is 23.2 Å². The van der Waals surface area contributed by atoms with Gasteiger partial charge in [-0.25, -0.2) is 0 Å². The van der Waals surface area contributed by atoms with E-state index in [1.807, 2.05) is 0 Å². The number of azo groups is 1. The van der Waals surface area contributed by atoms with E-state index in [4.69, 9.17) is 0 Å². The molecule has 128 valence electrons. The zero-order valence-electron chi connectivity index (χ0n) is 13.1. The Balaban J connectivity index is 2.18. The molecule has 0 bridgehead atoms. The topological polar surface area (TPSA) is 120 Å². The highest BCUT2D eigenvalue weighted by Crippen LogP contribution is 2.40. The Hall–Kier alpha value is -2.97. The highest BCUT2D eigenvalue weighted by Gasteiger charge is 2.19. The van der Waals surface area contributed by atoms with Gasteiger partial charge in [0, 0.05) is 16.8 Å². The van der Waals surface area contributed by atoms with Crippen molar-refractivity contribution in [3.05, 3.63) is 54.1 Å². The number of rotatable bonds is 3. The Morgan fingerprint density at radius 2 is 1.56 bits per heavy atom. The summed E-state index contributed by atoms with van der Waals surface area (Å²) in [6, 6.07) is 11.9. The van der Waals surface area contributed by atoms with E-state index in [0.29, 0.717) is 16.6 Å². The third-order valence-corrected chi connectivity index (χ3v) is 4.58. The maximum atomic E-state index is 11.5. The lowest BCUT2D eigenvalue weighted by Crippen LogP contribution is -1.99. The maximum absolute atomic E-state index is 11.5. The van der Waals surface area contributed by atoms with Crippen LogP contribution in [0.1, 0.15) is 5.56 Å². The third-order valence-electron chi connectivity index (χ3n) is 3.68. The van der Waals surface area contributed by atoms with Crippen LogP contribution in [0, 0.1) is 6.92 Å². The summed E-state index contributed by atoms with van der Waals surface area (Å²) in [6.45, 7) is 1.71. The van der Waals surface area contributed by atoms with Crippen molar-refractivity contribution in [1.29, 1.82) is 0 Å². The maximum Gasteiger partial charge on any atom is 0.295 e. The minimum absolute atomic E-state index is 0.0775. The van der Waals surface area contributed by atoms with E-state index in [-0.39, 0.29) is 16.8 Å². The zero-order chi connectivity index (χ0) is 18.2. The first-order valence-electron chi connectivity index (χ1n) is 7.21. The number of hydrogen-bond acceptors (Lipinski definition) is 6. The lowest BCUT2D eigenvalue weighted by molar-refractivity contribution is 0.468. The average molecular weight is 358 g/mol. The van der Waals surface area contributed by atoms with Crippen LogP contribution < -0.4 is 0 Å². The molecule has 3 aromatic carbocycles. The van der Waals surface area contributed by atoms with Crippen molar-refractivity contribution >= 4 is 32.3 Å². The molecule has 0 atom stereocenters. The van der Waals surface area contributed by atoms with Crippen LogP contribution in [-0.2, 0) is 10.1 Å². The molecule has 0 amide bonds. The van der Waals surface area contributed by atoms with Crippen LogP contribution in [0.5, 0.6) is 11.5 Å². The summed E-state index contributed by atoms with van der Waals surface area (Å²) in [5, 5.41) is 28.3. The van der Waals surface area contributed by atoms with Crippen LogP contribution in [-0.4, -0.2) is 23.2 Å². The Kier molecular flexibility index (Phi) is 4.15. The molecular weight excluding hydrogens is 344 g/mol. The second-order valence-electron chi connectivity index (χ2n) is 5.43. The van der Waals surface area contributed by atoms with E-state index in [1.54, 1.807) is 37.3 Å². The number of benzene rings is 3. The molecule has 0 saturated carbocycles. The molecule has 0 spiro atoms. The Labute approximate surface area is 143 Å². The standard InChI is InChI=1S/C17H14N2O5S/c1-10-8-11(6-7-14(10)20)18-19-17-13-5-3-2-4-12(13)16(9-15(17)21)25(22,23)24/h2-9,20-21H,1H3,(H,22,23,24). The van der Waals surface area contributed by atoms with Crippen molar-refractivity contribution < 1.29 is 23.2 Å². The van der Waals surface area contributed by atoms with Crippen molar-refractivity contribution in [2.24, 2.45) is 10.2 Å². The Bertz CT molecular complexity index is 1110. The van der Waals surface area contributed by atoms with E-state index in [0.717, 1.165) is 6.07 Å². The monoisotopic (exact) mass is 358 g/mol. The normalized spacial score (nSPS) is 12.1. The summed E-state index contributed by atoms with van der Waals surface area (Å²) in [5.41, 5.74) is 1.15. The SMILES string of the molecule is Cc1cc(N=Nc2c(O)cc(S(=O)(=O)O)c3ccccc23)ccc1O. The molecule has 0 aliphatic rings. The van der Waals surface area contributed by atoms with Crippen LogP contribution in [0.25, 0.3) is 10.8 Å². The first kappa shape index (κ1) is 16.9. The summed E-state index contributed by atoms with van der Waals surface area (Å²) >= 11 is 0. The quantitative estimate of drug-likeness (QED) is 0.478. The van der Waals surface area contributed by atoms with Gasteiger partial charge in [0.05, 0.1) is 5.69 Å². The Morgan fingerprint density at radius 1 is 0.880 bits per heavy atom. The molecule has 0 heterocycles. The molecule has 7 nitrogen and oxygen atoms in total.